The average Bonchev–Trinajstić information content (AvgIpc) is 2.77. The molecule has 30 heavy (non-hydrogen) atoms. The van der Waals surface area contributed by atoms with Crippen molar-refractivity contribution in [1.82, 2.24) is 0 Å². The monoisotopic (exact) mass is 428 g/mol. The van der Waals surface area contributed by atoms with E-state index in [1.165, 1.54) is 26.4 Å². The van der Waals surface area contributed by atoms with Gasteiger partial charge < -0.3 is 9.47 Å². The van der Waals surface area contributed by atoms with E-state index in [2.05, 4.69) is 21.8 Å². The van der Waals surface area contributed by atoms with Gasteiger partial charge in [0.15, 0.2) is 5.92 Å². The van der Waals surface area contributed by atoms with E-state index in [1.54, 1.807) is 42.5 Å². The van der Waals surface area contributed by atoms with Crippen molar-refractivity contribution in [3.05, 3.63) is 78.0 Å². The van der Waals surface area contributed by atoms with Crippen molar-refractivity contribution in [2.24, 2.45) is 5.92 Å². The lowest BCUT2D eigenvalue weighted by molar-refractivity contribution is -0.159. The summed E-state index contributed by atoms with van der Waals surface area (Å²) < 4.78 is 35.5. The van der Waals surface area contributed by atoms with Gasteiger partial charge in [-0.2, -0.15) is 0 Å². The fourth-order valence-electron chi connectivity index (χ4n) is 3.13. The quantitative estimate of drug-likeness (QED) is 0.345. The van der Waals surface area contributed by atoms with Gasteiger partial charge in [0.25, 0.3) is 0 Å². The maximum atomic E-state index is 13.1. The highest BCUT2D eigenvalue weighted by molar-refractivity contribution is 8.00. The standard InChI is InChI=1S/C23H24O6S/c1-4-21(30(26,27)18-13-6-5-7-14-18)19-15-9-8-11-17(19)12-10-16-20(22(24)28-2)23(25)29-3/h5-9,11,13-15,20H,1,10,12,16H2,2-3H3. The van der Waals surface area contributed by atoms with E-state index in [-0.39, 0.29) is 16.2 Å². The first-order chi connectivity index (χ1) is 14.4. The molecule has 158 valence electrons. The molecule has 6 nitrogen and oxygen atoms in total. The summed E-state index contributed by atoms with van der Waals surface area (Å²) in [5, 5.41) is 0. The summed E-state index contributed by atoms with van der Waals surface area (Å²) in [6, 6.07) is 15.1. The molecule has 0 aliphatic carbocycles. The maximum Gasteiger partial charge on any atom is 0.320 e. The van der Waals surface area contributed by atoms with Gasteiger partial charge in [0, 0.05) is 5.56 Å². The highest BCUT2D eigenvalue weighted by Crippen LogP contribution is 2.30. The van der Waals surface area contributed by atoms with Crippen LogP contribution in [-0.4, -0.2) is 34.6 Å². The molecule has 0 radical (unpaired) electrons. The van der Waals surface area contributed by atoms with Crippen LogP contribution >= 0.6 is 0 Å². The van der Waals surface area contributed by atoms with Crippen LogP contribution in [-0.2, 0) is 35.3 Å². The third kappa shape index (κ3) is 5.26. The van der Waals surface area contributed by atoms with Crippen molar-refractivity contribution in [1.29, 1.82) is 0 Å². The van der Waals surface area contributed by atoms with Crippen LogP contribution in [0.1, 0.15) is 24.0 Å². The number of hydrogen-bond donors (Lipinski definition) is 0. The van der Waals surface area contributed by atoms with E-state index < -0.39 is 27.7 Å². The summed E-state index contributed by atoms with van der Waals surface area (Å²) in [5.74, 6) is -2.34. The van der Waals surface area contributed by atoms with Crippen LogP contribution < -0.4 is 0 Å². The SMILES string of the molecule is C=C=C(c1ccccc1CCCC(C(=O)OC)C(=O)OC)S(=O)(=O)c1ccccc1. The van der Waals surface area contributed by atoms with Crippen molar-refractivity contribution in [2.75, 3.05) is 14.2 Å². The van der Waals surface area contributed by atoms with Gasteiger partial charge in [0.1, 0.15) is 4.91 Å². The zero-order chi connectivity index (χ0) is 22.1. The van der Waals surface area contributed by atoms with Crippen molar-refractivity contribution in [3.8, 4) is 0 Å². The number of benzene rings is 2. The summed E-state index contributed by atoms with van der Waals surface area (Å²) in [7, 11) is -1.39. The molecule has 7 heteroatoms. The van der Waals surface area contributed by atoms with Gasteiger partial charge >= 0.3 is 11.9 Å². The first kappa shape index (κ1) is 23.1. The highest BCUT2D eigenvalue weighted by Gasteiger charge is 2.28. The summed E-state index contributed by atoms with van der Waals surface area (Å²) >= 11 is 0. The molecule has 0 spiro atoms. The van der Waals surface area contributed by atoms with E-state index in [1.807, 2.05) is 0 Å². The van der Waals surface area contributed by atoms with E-state index in [4.69, 9.17) is 0 Å². The minimum Gasteiger partial charge on any atom is -0.468 e. The van der Waals surface area contributed by atoms with Crippen LogP contribution in [0.3, 0.4) is 0 Å². The molecule has 2 rings (SSSR count). The van der Waals surface area contributed by atoms with E-state index in [0.29, 0.717) is 18.4 Å². The number of methoxy groups -OCH3 is 2. The van der Waals surface area contributed by atoms with E-state index >= 15 is 0 Å². The lowest BCUT2D eigenvalue weighted by atomic mass is 9.97. The fraction of sp³-hybridized carbons (Fsp3) is 0.261. The Morgan fingerprint density at radius 3 is 2.10 bits per heavy atom. The Morgan fingerprint density at radius 1 is 0.967 bits per heavy atom. The topological polar surface area (TPSA) is 86.7 Å². The average molecular weight is 429 g/mol. The number of rotatable bonds is 9. The molecule has 0 amide bonds. The van der Waals surface area contributed by atoms with Crippen LogP contribution in [0.5, 0.6) is 0 Å². The molecule has 0 unspecified atom stereocenters. The Kier molecular flexibility index (Phi) is 8.16. The lowest BCUT2D eigenvalue weighted by Gasteiger charge is -2.14. The third-order valence-electron chi connectivity index (χ3n) is 4.66. The molecule has 0 saturated carbocycles. The molecule has 2 aromatic carbocycles. The van der Waals surface area contributed by atoms with Gasteiger partial charge in [0.05, 0.1) is 19.1 Å². The molecular weight excluding hydrogens is 404 g/mol. The number of aryl methyl sites for hydroxylation is 1. The number of esters is 2. The maximum absolute atomic E-state index is 13.1. The Bertz CT molecular complexity index is 1030. The molecule has 0 heterocycles. The molecule has 2 aromatic rings. The molecule has 0 bridgehead atoms. The first-order valence-corrected chi connectivity index (χ1v) is 10.8. The molecular formula is C23H24O6S. The minimum absolute atomic E-state index is 0.0122. The second kappa shape index (κ2) is 10.6. The van der Waals surface area contributed by atoms with Crippen LogP contribution in [0, 0.1) is 5.92 Å². The summed E-state index contributed by atoms with van der Waals surface area (Å²) in [6.07, 6.45) is 1.10. The predicted octanol–water partition coefficient (Wildman–Crippen LogP) is 3.57. The smallest absolute Gasteiger partial charge is 0.320 e. The molecule has 0 aliphatic heterocycles. The van der Waals surface area contributed by atoms with Gasteiger partial charge in [0.2, 0.25) is 9.84 Å². The molecule has 0 saturated heterocycles. The van der Waals surface area contributed by atoms with Gasteiger partial charge in [-0.15, -0.1) is 5.73 Å². The Morgan fingerprint density at radius 2 is 1.53 bits per heavy atom. The second-order valence-corrected chi connectivity index (χ2v) is 8.36. The Hall–Kier alpha value is -3.15. The zero-order valence-electron chi connectivity index (χ0n) is 17.0. The molecule has 0 aromatic heterocycles. The van der Waals surface area contributed by atoms with Crippen molar-refractivity contribution in [2.45, 2.75) is 24.2 Å². The number of ether oxygens (including phenoxy) is 2. The minimum atomic E-state index is -3.81. The Balaban J connectivity index is 2.28. The number of hydrogen-bond acceptors (Lipinski definition) is 6. The second-order valence-electron chi connectivity index (χ2n) is 6.47. The van der Waals surface area contributed by atoms with E-state index in [9.17, 15) is 18.0 Å². The van der Waals surface area contributed by atoms with Crippen molar-refractivity contribution >= 4 is 26.7 Å². The van der Waals surface area contributed by atoms with Crippen LogP contribution in [0.2, 0.25) is 0 Å². The molecule has 0 N–H and O–H groups in total. The van der Waals surface area contributed by atoms with Gasteiger partial charge in [-0.1, -0.05) is 49.0 Å². The van der Waals surface area contributed by atoms with E-state index in [0.717, 1.165) is 5.56 Å². The summed E-state index contributed by atoms with van der Waals surface area (Å²) in [6.45, 7) is 3.58. The van der Waals surface area contributed by atoms with Crippen LogP contribution in [0.15, 0.2) is 71.8 Å². The molecule has 0 aliphatic rings. The predicted molar refractivity (Wildman–Crippen MR) is 113 cm³/mol. The third-order valence-corrected chi connectivity index (χ3v) is 6.45. The number of carbonyl (C=O) groups excluding carboxylic acids is 2. The van der Waals surface area contributed by atoms with Crippen LogP contribution in [0.25, 0.3) is 4.91 Å². The van der Waals surface area contributed by atoms with Gasteiger partial charge in [-0.3, -0.25) is 9.59 Å². The highest BCUT2D eigenvalue weighted by atomic mass is 32.2. The Labute approximate surface area is 176 Å². The molecule has 0 atom stereocenters. The lowest BCUT2D eigenvalue weighted by Crippen LogP contribution is -2.26. The van der Waals surface area contributed by atoms with Crippen molar-refractivity contribution in [3.63, 3.8) is 0 Å². The zero-order valence-corrected chi connectivity index (χ0v) is 17.8. The summed E-state index contributed by atoms with van der Waals surface area (Å²) in [4.78, 5) is 23.8. The normalized spacial score (nSPS) is 10.9. The fourth-order valence-corrected chi connectivity index (χ4v) is 4.56. The largest absolute Gasteiger partial charge is 0.468 e. The molecule has 0 fully saturated rings. The first-order valence-electron chi connectivity index (χ1n) is 9.31. The van der Waals surface area contributed by atoms with Crippen molar-refractivity contribution < 1.29 is 27.5 Å². The van der Waals surface area contributed by atoms with Crippen LogP contribution in [0.4, 0.5) is 0 Å². The van der Waals surface area contributed by atoms with Gasteiger partial charge in [-0.25, -0.2) is 8.42 Å². The summed E-state index contributed by atoms with van der Waals surface area (Å²) in [5.41, 5.74) is 3.82. The number of sulfone groups is 1. The number of carbonyl (C=O) groups is 2. The van der Waals surface area contributed by atoms with Gasteiger partial charge in [-0.05, 0) is 37.0 Å².